The highest BCUT2D eigenvalue weighted by Crippen LogP contribution is 2.24. The van der Waals surface area contributed by atoms with E-state index in [0.29, 0.717) is 37.8 Å². The lowest BCUT2D eigenvalue weighted by Crippen LogP contribution is -2.38. The fourth-order valence-corrected chi connectivity index (χ4v) is 3.80. The number of rotatable bonds is 9. The summed E-state index contributed by atoms with van der Waals surface area (Å²) in [5.74, 6) is -0.490. The van der Waals surface area contributed by atoms with Crippen molar-refractivity contribution in [1.82, 2.24) is 15.5 Å². The number of amides is 1. The number of thiophene rings is 1. The summed E-state index contributed by atoms with van der Waals surface area (Å²) >= 11 is 1.54. The molecule has 0 saturated carbocycles. The molecular formula is C18H23N3O5S. The Kier molecular flexibility index (Phi) is 6.94. The van der Waals surface area contributed by atoms with Crippen molar-refractivity contribution in [3.8, 4) is 10.7 Å². The Hall–Kier alpha value is -2.26. The third kappa shape index (κ3) is 5.61. The molecule has 0 aliphatic carbocycles. The second-order valence-electron chi connectivity index (χ2n) is 6.54. The third-order valence-electron chi connectivity index (χ3n) is 4.68. The van der Waals surface area contributed by atoms with E-state index >= 15 is 0 Å². The average molecular weight is 393 g/mol. The van der Waals surface area contributed by atoms with Crippen LogP contribution >= 0.6 is 11.3 Å². The van der Waals surface area contributed by atoms with Crippen LogP contribution in [0.25, 0.3) is 10.7 Å². The standard InChI is InChI=1S/C18H23N3O5S/c22-15(19-11-13(18(23)24)12-6-8-25-9-7-12)4-1-5-16-20-17(21-26-16)14-3-2-10-27-14/h2-3,10,12-13H,1,4-9,11H2,(H,19,22)(H,23,24). The second-order valence-corrected chi connectivity index (χ2v) is 7.49. The maximum atomic E-state index is 12.0. The fourth-order valence-electron chi connectivity index (χ4n) is 3.15. The molecule has 2 aromatic rings. The van der Waals surface area contributed by atoms with Crippen LogP contribution in [0.5, 0.6) is 0 Å². The monoisotopic (exact) mass is 393 g/mol. The van der Waals surface area contributed by atoms with Crippen LogP contribution in [0.15, 0.2) is 22.0 Å². The van der Waals surface area contributed by atoms with Gasteiger partial charge in [-0.25, -0.2) is 0 Å². The summed E-state index contributed by atoms with van der Waals surface area (Å²) < 4.78 is 10.5. The van der Waals surface area contributed by atoms with E-state index in [-0.39, 0.29) is 24.8 Å². The van der Waals surface area contributed by atoms with Crippen molar-refractivity contribution in [3.63, 3.8) is 0 Å². The first kappa shape index (κ1) is 19.5. The van der Waals surface area contributed by atoms with Crippen LogP contribution in [0, 0.1) is 11.8 Å². The normalized spacial score (nSPS) is 16.1. The van der Waals surface area contributed by atoms with Gasteiger partial charge in [-0.2, -0.15) is 4.98 Å². The summed E-state index contributed by atoms with van der Waals surface area (Å²) in [6, 6.07) is 3.84. The van der Waals surface area contributed by atoms with Crippen molar-refractivity contribution in [3.05, 3.63) is 23.4 Å². The number of aromatic nitrogens is 2. The SMILES string of the molecule is O=C(CCCc1nc(-c2cccs2)no1)NCC(C(=O)O)C1CCOCC1. The molecule has 0 aromatic carbocycles. The molecule has 1 aliphatic heterocycles. The van der Waals surface area contributed by atoms with E-state index in [0.717, 1.165) is 17.7 Å². The number of carbonyl (C=O) groups is 2. The first-order chi connectivity index (χ1) is 13.1. The van der Waals surface area contributed by atoms with Crippen molar-refractivity contribution in [2.45, 2.75) is 32.1 Å². The van der Waals surface area contributed by atoms with Crippen LogP contribution in [-0.4, -0.2) is 46.9 Å². The van der Waals surface area contributed by atoms with Gasteiger partial charge in [-0.1, -0.05) is 11.2 Å². The van der Waals surface area contributed by atoms with Crippen molar-refractivity contribution < 1.29 is 24.0 Å². The smallest absolute Gasteiger partial charge is 0.308 e. The van der Waals surface area contributed by atoms with Crippen LogP contribution in [0.1, 0.15) is 31.6 Å². The molecule has 1 aliphatic rings. The van der Waals surface area contributed by atoms with Gasteiger partial charge in [0.2, 0.25) is 17.6 Å². The minimum Gasteiger partial charge on any atom is -0.481 e. The van der Waals surface area contributed by atoms with Gasteiger partial charge in [-0.3, -0.25) is 9.59 Å². The van der Waals surface area contributed by atoms with Crippen LogP contribution in [0.3, 0.4) is 0 Å². The Bertz CT molecular complexity index is 740. The number of aliphatic carboxylic acids is 1. The molecule has 1 unspecified atom stereocenters. The Morgan fingerprint density at radius 3 is 2.89 bits per heavy atom. The molecule has 146 valence electrons. The number of nitrogens with zero attached hydrogens (tertiary/aromatic N) is 2. The molecule has 27 heavy (non-hydrogen) atoms. The first-order valence-electron chi connectivity index (χ1n) is 9.07. The van der Waals surface area contributed by atoms with E-state index in [2.05, 4.69) is 15.5 Å². The number of carbonyl (C=O) groups excluding carboxylic acids is 1. The number of aryl methyl sites for hydroxylation is 1. The molecule has 1 atom stereocenters. The van der Waals surface area contributed by atoms with Crippen molar-refractivity contribution in [1.29, 1.82) is 0 Å². The number of carboxylic acid groups (broad SMARTS) is 1. The zero-order valence-corrected chi connectivity index (χ0v) is 15.7. The maximum absolute atomic E-state index is 12.0. The van der Waals surface area contributed by atoms with Crippen LogP contribution in [0.2, 0.25) is 0 Å². The second kappa shape index (κ2) is 9.61. The summed E-state index contributed by atoms with van der Waals surface area (Å²) in [6.07, 6.45) is 2.80. The summed E-state index contributed by atoms with van der Waals surface area (Å²) in [7, 11) is 0. The summed E-state index contributed by atoms with van der Waals surface area (Å²) in [5.41, 5.74) is 0. The largest absolute Gasteiger partial charge is 0.481 e. The molecule has 1 fully saturated rings. The molecule has 1 saturated heterocycles. The molecule has 0 spiro atoms. The van der Waals surface area contributed by atoms with Gasteiger partial charge in [0.15, 0.2) is 0 Å². The number of hydrogen-bond donors (Lipinski definition) is 2. The van der Waals surface area contributed by atoms with Crippen LogP contribution in [0.4, 0.5) is 0 Å². The molecule has 2 N–H and O–H groups in total. The summed E-state index contributed by atoms with van der Waals surface area (Å²) in [6.45, 7) is 1.32. The highest BCUT2D eigenvalue weighted by atomic mass is 32.1. The van der Waals surface area contributed by atoms with Crippen molar-refractivity contribution in [2.24, 2.45) is 11.8 Å². The minimum atomic E-state index is -0.867. The van der Waals surface area contributed by atoms with E-state index < -0.39 is 11.9 Å². The molecular weight excluding hydrogens is 370 g/mol. The summed E-state index contributed by atoms with van der Waals surface area (Å²) in [5, 5.41) is 18.1. The zero-order valence-electron chi connectivity index (χ0n) is 14.9. The van der Waals surface area contributed by atoms with Gasteiger partial charge in [0.05, 0.1) is 10.8 Å². The Morgan fingerprint density at radius 2 is 2.19 bits per heavy atom. The predicted molar refractivity (Wildman–Crippen MR) is 98.2 cm³/mol. The first-order valence-corrected chi connectivity index (χ1v) is 9.95. The van der Waals surface area contributed by atoms with Crippen molar-refractivity contribution >= 4 is 23.2 Å². The predicted octanol–water partition coefficient (Wildman–Crippen LogP) is 2.36. The van der Waals surface area contributed by atoms with E-state index in [4.69, 9.17) is 9.26 Å². The Morgan fingerprint density at radius 1 is 1.37 bits per heavy atom. The molecule has 3 rings (SSSR count). The fraction of sp³-hybridized carbons (Fsp3) is 0.556. The Balaban J connectivity index is 1.39. The molecule has 0 bridgehead atoms. The lowest BCUT2D eigenvalue weighted by molar-refractivity contribution is -0.145. The topological polar surface area (TPSA) is 115 Å². The average Bonchev–Trinajstić information content (AvgIpc) is 3.34. The van der Waals surface area contributed by atoms with Gasteiger partial charge in [-0.05, 0) is 36.6 Å². The number of hydrogen-bond acceptors (Lipinski definition) is 7. The van der Waals surface area contributed by atoms with Crippen molar-refractivity contribution in [2.75, 3.05) is 19.8 Å². The van der Waals surface area contributed by atoms with Gasteiger partial charge in [0.25, 0.3) is 0 Å². The lowest BCUT2D eigenvalue weighted by Gasteiger charge is -2.27. The molecule has 1 amide bonds. The van der Waals surface area contributed by atoms with Gasteiger partial charge in [0.1, 0.15) is 0 Å². The Labute approximate surface area is 160 Å². The molecule has 8 nitrogen and oxygen atoms in total. The molecule has 3 heterocycles. The van der Waals surface area contributed by atoms with Crippen LogP contribution in [-0.2, 0) is 20.7 Å². The number of nitrogens with one attached hydrogen (secondary N) is 1. The highest BCUT2D eigenvalue weighted by Gasteiger charge is 2.29. The molecule has 9 heteroatoms. The number of carboxylic acids is 1. The van der Waals surface area contributed by atoms with Gasteiger partial charge in [0, 0.05) is 32.6 Å². The van der Waals surface area contributed by atoms with Gasteiger partial charge >= 0.3 is 5.97 Å². The van der Waals surface area contributed by atoms with Gasteiger partial charge < -0.3 is 19.7 Å². The van der Waals surface area contributed by atoms with E-state index in [1.807, 2.05) is 17.5 Å². The molecule has 0 radical (unpaired) electrons. The van der Waals surface area contributed by atoms with E-state index in [1.54, 1.807) is 0 Å². The zero-order chi connectivity index (χ0) is 19.1. The quantitative estimate of drug-likeness (QED) is 0.672. The van der Waals surface area contributed by atoms with E-state index in [1.165, 1.54) is 11.3 Å². The summed E-state index contributed by atoms with van der Waals surface area (Å²) in [4.78, 5) is 28.8. The molecule has 2 aromatic heterocycles. The van der Waals surface area contributed by atoms with Gasteiger partial charge in [-0.15, -0.1) is 11.3 Å². The van der Waals surface area contributed by atoms with E-state index in [9.17, 15) is 14.7 Å². The lowest BCUT2D eigenvalue weighted by atomic mass is 9.86. The maximum Gasteiger partial charge on any atom is 0.308 e. The highest BCUT2D eigenvalue weighted by molar-refractivity contribution is 7.13. The minimum absolute atomic E-state index is 0.0469. The van der Waals surface area contributed by atoms with Crippen LogP contribution < -0.4 is 5.32 Å². The number of ether oxygens (including phenoxy) is 1. The third-order valence-corrected chi connectivity index (χ3v) is 5.54.